The first-order chi connectivity index (χ1) is 9.58. The molecular formula is C14H18N4OS. The highest BCUT2D eigenvalue weighted by molar-refractivity contribution is 7.21. The highest BCUT2D eigenvalue weighted by atomic mass is 32.1. The summed E-state index contributed by atoms with van der Waals surface area (Å²) in [6.07, 6.45) is 3.47. The average molecular weight is 290 g/mol. The van der Waals surface area contributed by atoms with E-state index in [9.17, 15) is 4.79 Å². The Bertz CT molecular complexity index is 654. The van der Waals surface area contributed by atoms with Crippen LogP contribution in [0.15, 0.2) is 18.5 Å². The number of aromatic nitrogens is 1. The second-order valence-electron chi connectivity index (χ2n) is 5.30. The molecule has 0 aliphatic carbocycles. The minimum atomic E-state index is 0.0450. The summed E-state index contributed by atoms with van der Waals surface area (Å²) in [5.74, 6) is 0.0450. The average Bonchev–Trinajstić information content (AvgIpc) is 2.79. The fraction of sp³-hybridized carbons (Fsp3) is 0.429. The fourth-order valence-corrected chi connectivity index (χ4v) is 3.56. The van der Waals surface area contributed by atoms with Crippen molar-refractivity contribution < 1.29 is 4.79 Å². The second-order valence-corrected chi connectivity index (χ2v) is 6.35. The van der Waals surface area contributed by atoms with Crippen molar-refractivity contribution in [3.8, 4) is 0 Å². The molecule has 0 spiro atoms. The van der Waals surface area contributed by atoms with E-state index in [2.05, 4.69) is 23.9 Å². The Hall–Kier alpha value is -1.66. The largest absolute Gasteiger partial charge is 0.397 e. The molecule has 0 bridgehead atoms. The van der Waals surface area contributed by atoms with Crippen molar-refractivity contribution in [3.05, 3.63) is 23.3 Å². The van der Waals surface area contributed by atoms with Gasteiger partial charge in [-0.05, 0) is 20.0 Å². The van der Waals surface area contributed by atoms with Gasteiger partial charge in [0.05, 0.1) is 10.4 Å². The smallest absolute Gasteiger partial charge is 0.266 e. The highest BCUT2D eigenvalue weighted by Gasteiger charge is 2.27. The number of thiophene rings is 1. The number of fused-ring (bicyclic) bond motifs is 1. The van der Waals surface area contributed by atoms with E-state index >= 15 is 0 Å². The van der Waals surface area contributed by atoms with E-state index in [4.69, 9.17) is 5.73 Å². The van der Waals surface area contributed by atoms with Crippen molar-refractivity contribution >= 4 is 33.0 Å². The molecule has 2 aromatic heterocycles. The van der Waals surface area contributed by atoms with E-state index in [-0.39, 0.29) is 5.91 Å². The zero-order chi connectivity index (χ0) is 14.3. The van der Waals surface area contributed by atoms with Crippen LogP contribution in [0.25, 0.3) is 10.1 Å². The van der Waals surface area contributed by atoms with Gasteiger partial charge < -0.3 is 15.5 Å². The van der Waals surface area contributed by atoms with Crippen molar-refractivity contribution in [1.29, 1.82) is 0 Å². The van der Waals surface area contributed by atoms with Crippen LogP contribution in [-0.2, 0) is 0 Å². The molecule has 2 aromatic rings. The molecular weight excluding hydrogens is 272 g/mol. The number of nitrogens with zero attached hydrogens (tertiary/aromatic N) is 3. The van der Waals surface area contributed by atoms with Gasteiger partial charge >= 0.3 is 0 Å². The van der Waals surface area contributed by atoms with Crippen molar-refractivity contribution in [2.75, 3.05) is 32.4 Å². The Balaban J connectivity index is 1.91. The molecule has 1 amide bonds. The summed E-state index contributed by atoms with van der Waals surface area (Å²) in [4.78, 5) is 21.6. The third-order valence-corrected chi connectivity index (χ3v) is 5.12. The summed E-state index contributed by atoms with van der Waals surface area (Å²) in [5.41, 5.74) is 6.72. The molecule has 3 heterocycles. The van der Waals surface area contributed by atoms with Crippen LogP contribution in [0.4, 0.5) is 5.69 Å². The molecule has 2 N–H and O–H groups in total. The van der Waals surface area contributed by atoms with E-state index in [1.165, 1.54) is 11.3 Å². The number of amides is 1. The van der Waals surface area contributed by atoms with Crippen molar-refractivity contribution in [2.45, 2.75) is 13.0 Å². The Morgan fingerprint density at radius 1 is 1.50 bits per heavy atom. The lowest BCUT2D eigenvalue weighted by atomic mass is 10.2. The van der Waals surface area contributed by atoms with E-state index in [1.54, 1.807) is 12.4 Å². The Kier molecular flexibility index (Phi) is 3.35. The second kappa shape index (κ2) is 5.03. The molecule has 1 atom stereocenters. The van der Waals surface area contributed by atoms with Crippen LogP contribution < -0.4 is 5.73 Å². The Morgan fingerprint density at radius 2 is 2.30 bits per heavy atom. The van der Waals surface area contributed by atoms with E-state index in [0.29, 0.717) is 16.6 Å². The molecule has 1 aliphatic rings. The maximum Gasteiger partial charge on any atom is 0.266 e. The number of hydrogen-bond acceptors (Lipinski definition) is 5. The Morgan fingerprint density at radius 3 is 3.00 bits per heavy atom. The number of hydrogen-bond donors (Lipinski definition) is 1. The summed E-state index contributed by atoms with van der Waals surface area (Å²) in [7, 11) is 2.09. The molecule has 6 heteroatoms. The molecule has 0 saturated carbocycles. The standard InChI is InChI=1S/C14H18N4OS/c1-9-8-18(6-5-17(9)2)14(19)13-12(15)10-3-4-16-7-11(10)20-13/h3-4,7,9H,5-6,8,15H2,1-2H3. The van der Waals surface area contributed by atoms with Gasteiger partial charge in [0.1, 0.15) is 4.88 Å². The maximum atomic E-state index is 12.7. The third kappa shape index (κ3) is 2.14. The number of piperazine rings is 1. The molecule has 1 aliphatic heterocycles. The van der Waals surface area contributed by atoms with E-state index < -0.39 is 0 Å². The van der Waals surface area contributed by atoms with Crippen LogP contribution in [0.5, 0.6) is 0 Å². The number of likely N-dealkylation sites (N-methyl/N-ethyl adjacent to an activating group) is 1. The van der Waals surface area contributed by atoms with Gasteiger partial charge in [0, 0.05) is 43.5 Å². The summed E-state index contributed by atoms with van der Waals surface area (Å²) < 4.78 is 0.968. The van der Waals surface area contributed by atoms with Gasteiger partial charge in [0.25, 0.3) is 5.91 Å². The van der Waals surface area contributed by atoms with Crippen molar-refractivity contribution in [1.82, 2.24) is 14.8 Å². The number of anilines is 1. The normalized spacial score (nSPS) is 20.5. The topological polar surface area (TPSA) is 62.5 Å². The number of carbonyl (C=O) groups excluding carboxylic acids is 1. The third-order valence-electron chi connectivity index (χ3n) is 3.97. The lowest BCUT2D eigenvalue weighted by Gasteiger charge is -2.37. The van der Waals surface area contributed by atoms with Gasteiger partial charge in [0.2, 0.25) is 0 Å². The van der Waals surface area contributed by atoms with Gasteiger partial charge in [-0.15, -0.1) is 11.3 Å². The predicted octanol–water partition coefficient (Wildman–Crippen LogP) is 1.65. The highest BCUT2D eigenvalue weighted by Crippen LogP contribution is 2.33. The van der Waals surface area contributed by atoms with Gasteiger partial charge in [-0.3, -0.25) is 9.78 Å². The van der Waals surface area contributed by atoms with Gasteiger partial charge in [0.15, 0.2) is 0 Å². The van der Waals surface area contributed by atoms with E-state index in [1.807, 2.05) is 11.0 Å². The van der Waals surface area contributed by atoms with Crippen molar-refractivity contribution in [3.63, 3.8) is 0 Å². The number of carbonyl (C=O) groups is 1. The number of rotatable bonds is 1. The summed E-state index contributed by atoms with van der Waals surface area (Å²) in [6.45, 7) is 4.55. The van der Waals surface area contributed by atoms with Crippen LogP contribution in [-0.4, -0.2) is 53.4 Å². The summed E-state index contributed by atoms with van der Waals surface area (Å²) >= 11 is 1.44. The van der Waals surface area contributed by atoms with Gasteiger partial charge in [-0.2, -0.15) is 0 Å². The van der Waals surface area contributed by atoms with Crippen LogP contribution in [0.1, 0.15) is 16.6 Å². The van der Waals surface area contributed by atoms with Crippen molar-refractivity contribution in [2.24, 2.45) is 0 Å². The molecule has 1 unspecified atom stereocenters. The fourth-order valence-electron chi connectivity index (χ4n) is 2.51. The van der Waals surface area contributed by atoms with Crippen LogP contribution in [0, 0.1) is 0 Å². The molecule has 0 aromatic carbocycles. The number of nitrogen functional groups attached to an aromatic ring is 1. The Labute approximate surface area is 122 Å². The number of nitrogens with two attached hydrogens (primary N) is 1. The molecule has 0 radical (unpaired) electrons. The predicted molar refractivity (Wildman–Crippen MR) is 82.0 cm³/mol. The van der Waals surface area contributed by atoms with Crippen LogP contribution in [0.2, 0.25) is 0 Å². The van der Waals surface area contributed by atoms with E-state index in [0.717, 1.165) is 29.7 Å². The zero-order valence-electron chi connectivity index (χ0n) is 11.7. The van der Waals surface area contributed by atoms with Gasteiger partial charge in [-0.25, -0.2) is 0 Å². The molecule has 3 rings (SSSR count). The zero-order valence-corrected chi connectivity index (χ0v) is 12.5. The summed E-state index contributed by atoms with van der Waals surface area (Å²) in [5, 5.41) is 0.926. The number of pyridine rings is 1. The lowest BCUT2D eigenvalue weighted by Crippen LogP contribution is -2.51. The van der Waals surface area contributed by atoms with Crippen LogP contribution >= 0.6 is 11.3 Å². The minimum Gasteiger partial charge on any atom is -0.397 e. The minimum absolute atomic E-state index is 0.0450. The SMILES string of the molecule is CC1CN(C(=O)c2sc3cnccc3c2N)CCN1C. The van der Waals surface area contributed by atoms with Crippen LogP contribution in [0.3, 0.4) is 0 Å². The first-order valence-electron chi connectivity index (χ1n) is 6.69. The summed E-state index contributed by atoms with van der Waals surface area (Å²) in [6, 6.07) is 2.25. The molecule has 1 saturated heterocycles. The molecule has 20 heavy (non-hydrogen) atoms. The first-order valence-corrected chi connectivity index (χ1v) is 7.51. The first kappa shape index (κ1) is 13.3. The molecule has 5 nitrogen and oxygen atoms in total. The van der Waals surface area contributed by atoms with Gasteiger partial charge in [-0.1, -0.05) is 0 Å². The lowest BCUT2D eigenvalue weighted by molar-refractivity contribution is 0.0578. The monoisotopic (exact) mass is 290 g/mol. The maximum absolute atomic E-state index is 12.7. The quantitative estimate of drug-likeness (QED) is 0.867. The molecule has 1 fully saturated rings. The molecule has 106 valence electrons.